The van der Waals surface area contributed by atoms with Crippen molar-refractivity contribution >= 4 is 11.5 Å². The molecule has 0 atom stereocenters. The molecule has 0 bridgehead atoms. The monoisotopic (exact) mass is 255 g/mol. The lowest BCUT2D eigenvalue weighted by Gasteiger charge is -2.22. The van der Waals surface area contributed by atoms with Crippen LogP contribution in [-0.4, -0.2) is 23.9 Å². The average molecular weight is 255 g/mol. The third-order valence-electron chi connectivity index (χ3n) is 4.29. The SMILES string of the molecule is Cc1cccc2c1/C(=C/C(=O)N1CCCC1)CCC2. The fourth-order valence-corrected chi connectivity index (χ4v) is 3.31. The number of nitrogens with zero attached hydrogens (tertiary/aromatic N) is 1. The summed E-state index contributed by atoms with van der Waals surface area (Å²) in [7, 11) is 0. The molecule has 2 nitrogen and oxygen atoms in total. The fraction of sp³-hybridized carbons (Fsp3) is 0.471. The third-order valence-corrected chi connectivity index (χ3v) is 4.29. The molecule has 1 saturated heterocycles. The lowest BCUT2D eigenvalue weighted by atomic mass is 9.84. The Kier molecular flexibility index (Phi) is 3.41. The van der Waals surface area contributed by atoms with Crippen LogP contribution < -0.4 is 0 Å². The highest BCUT2D eigenvalue weighted by atomic mass is 16.2. The molecule has 3 rings (SSSR count). The van der Waals surface area contributed by atoms with Crippen LogP contribution in [-0.2, 0) is 11.2 Å². The van der Waals surface area contributed by atoms with Gasteiger partial charge in [0.2, 0.25) is 5.91 Å². The van der Waals surface area contributed by atoms with Gasteiger partial charge < -0.3 is 4.90 Å². The molecule has 0 radical (unpaired) electrons. The number of carbonyl (C=O) groups is 1. The summed E-state index contributed by atoms with van der Waals surface area (Å²) in [6.45, 7) is 4.02. The van der Waals surface area contributed by atoms with E-state index < -0.39 is 0 Å². The van der Waals surface area contributed by atoms with Crippen LogP contribution in [0.25, 0.3) is 5.57 Å². The van der Waals surface area contributed by atoms with Crippen LogP contribution >= 0.6 is 0 Å². The number of aryl methyl sites for hydroxylation is 2. The van der Waals surface area contributed by atoms with Crippen LogP contribution in [0.3, 0.4) is 0 Å². The van der Waals surface area contributed by atoms with Crippen molar-refractivity contribution in [2.24, 2.45) is 0 Å². The van der Waals surface area contributed by atoms with E-state index in [-0.39, 0.29) is 5.91 Å². The van der Waals surface area contributed by atoms with E-state index in [4.69, 9.17) is 0 Å². The predicted molar refractivity (Wildman–Crippen MR) is 77.9 cm³/mol. The van der Waals surface area contributed by atoms with E-state index in [2.05, 4.69) is 25.1 Å². The first-order chi connectivity index (χ1) is 9.25. The molecule has 0 spiro atoms. The number of rotatable bonds is 1. The molecule has 1 aromatic carbocycles. The molecule has 2 heteroatoms. The lowest BCUT2D eigenvalue weighted by molar-refractivity contribution is -0.124. The van der Waals surface area contributed by atoms with Crippen LogP contribution in [0.1, 0.15) is 42.4 Å². The summed E-state index contributed by atoms with van der Waals surface area (Å²) in [6, 6.07) is 6.48. The van der Waals surface area contributed by atoms with Gasteiger partial charge in [0.15, 0.2) is 0 Å². The van der Waals surface area contributed by atoms with E-state index in [1.807, 2.05) is 11.0 Å². The van der Waals surface area contributed by atoms with E-state index in [0.717, 1.165) is 45.2 Å². The van der Waals surface area contributed by atoms with Gasteiger partial charge in [-0.25, -0.2) is 0 Å². The van der Waals surface area contributed by atoms with Crippen molar-refractivity contribution in [1.82, 2.24) is 4.90 Å². The quantitative estimate of drug-likeness (QED) is 0.705. The minimum absolute atomic E-state index is 0.212. The number of likely N-dealkylation sites (tertiary alicyclic amines) is 1. The van der Waals surface area contributed by atoms with E-state index in [1.165, 1.54) is 22.3 Å². The fourth-order valence-electron chi connectivity index (χ4n) is 3.31. The second-order valence-electron chi connectivity index (χ2n) is 5.66. The summed E-state index contributed by atoms with van der Waals surface area (Å²) >= 11 is 0. The van der Waals surface area contributed by atoms with Crippen LogP contribution in [0.15, 0.2) is 24.3 Å². The van der Waals surface area contributed by atoms with Gasteiger partial charge in [-0.3, -0.25) is 4.79 Å². The summed E-state index contributed by atoms with van der Waals surface area (Å²) in [5, 5.41) is 0. The van der Waals surface area contributed by atoms with E-state index in [0.29, 0.717) is 0 Å². The van der Waals surface area contributed by atoms with Crippen LogP contribution in [0.4, 0.5) is 0 Å². The summed E-state index contributed by atoms with van der Waals surface area (Å²) in [4.78, 5) is 14.3. The normalized spacial score (nSPS) is 20.7. The van der Waals surface area contributed by atoms with Crippen molar-refractivity contribution in [3.63, 3.8) is 0 Å². The smallest absolute Gasteiger partial charge is 0.246 e. The van der Waals surface area contributed by atoms with Gasteiger partial charge in [-0.15, -0.1) is 0 Å². The Hall–Kier alpha value is -1.57. The highest BCUT2D eigenvalue weighted by Gasteiger charge is 2.20. The molecular weight excluding hydrogens is 234 g/mol. The molecule has 0 aromatic heterocycles. The summed E-state index contributed by atoms with van der Waals surface area (Å²) < 4.78 is 0. The van der Waals surface area contributed by atoms with Crippen molar-refractivity contribution < 1.29 is 4.79 Å². The second kappa shape index (κ2) is 5.20. The molecule has 1 aliphatic carbocycles. The van der Waals surface area contributed by atoms with Crippen molar-refractivity contribution in [1.29, 1.82) is 0 Å². The Morgan fingerprint density at radius 1 is 1.16 bits per heavy atom. The summed E-state index contributed by atoms with van der Waals surface area (Å²) in [5.74, 6) is 0.212. The first-order valence-corrected chi connectivity index (χ1v) is 7.34. The molecule has 0 saturated carbocycles. The summed E-state index contributed by atoms with van der Waals surface area (Å²) in [6.07, 6.45) is 7.56. The van der Waals surface area contributed by atoms with Gasteiger partial charge in [0.25, 0.3) is 0 Å². The van der Waals surface area contributed by atoms with Gasteiger partial charge in [-0.1, -0.05) is 18.2 Å². The number of fused-ring (bicyclic) bond motifs is 1. The summed E-state index contributed by atoms with van der Waals surface area (Å²) in [5.41, 5.74) is 5.29. The molecule has 19 heavy (non-hydrogen) atoms. The van der Waals surface area contributed by atoms with Crippen LogP contribution in [0, 0.1) is 6.92 Å². The van der Waals surface area contributed by atoms with Gasteiger partial charge in [-0.2, -0.15) is 0 Å². The Labute approximate surface area is 115 Å². The predicted octanol–water partition coefficient (Wildman–Crippen LogP) is 3.34. The Balaban J connectivity index is 1.92. The van der Waals surface area contributed by atoms with Crippen LogP contribution in [0.5, 0.6) is 0 Å². The molecule has 1 fully saturated rings. The average Bonchev–Trinajstić information content (AvgIpc) is 2.93. The molecule has 0 N–H and O–H groups in total. The minimum atomic E-state index is 0.212. The zero-order valence-corrected chi connectivity index (χ0v) is 11.6. The Morgan fingerprint density at radius 3 is 2.74 bits per heavy atom. The first-order valence-electron chi connectivity index (χ1n) is 7.34. The van der Waals surface area contributed by atoms with Crippen molar-refractivity contribution in [3.05, 3.63) is 41.0 Å². The van der Waals surface area contributed by atoms with Gasteiger partial charge in [-0.05, 0) is 61.3 Å². The van der Waals surface area contributed by atoms with E-state index in [9.17, 15) is 4.79 Å². The molecule has 1 aromatic rings. The standard InChI is InChI=1S/C17H21NO/c1-13-6-4-7-14-8-5-9-15(17(13)14)12-16(19)18-10-2-3-11-18/h4,6-7,12H,2-3,5,8-11H2,1H3/b15-12+. The molecule has 1 aliphatic heterocycles. The number of amides is 1. The second-order valence-corrected chi connectivity index (χ2v) is 5.66. The largest absolute Gasteiger partial charge is 0.339 e. The molecule has 1 amide bonds. The Morgan fingerprint density at radius 2 is 1.95 bits per heavy atom. The van der Waals surface area contributed by atoms with E-state index in [1.54, 1.807) is 0 Å². The number of hydrogen-bond donors (Lipinski definition) is 0. The first kappa shape index (κ1) is 12.5. The molecule has 0 unspecified atom stereocenters. The molecular formula is C17H21NO. The highest BCUT2D eigenvalue weighted by molar-refractivity contribution is 5.96. The van der Waals surface area contributed by atoms with Crippen LogP contribution in [0.2, 0.25) is 0 Å². The zero-order chi connectivity index (χ0) is 13.2. The Bertz CT molecular complexity index is 524. The molecule has 1 heterocycles. The van der Waals surface area contributed by atoms with E-state index >= 15 is 0 Å². The van der Waals surface area contributed by atoms with Gasteiger partial charge in [0.1, 0.15) is 0 Å². The molecule has 100 valence electrons. The minimum Gasteiger partial charge on any atom is -0.339 e. The maximum absolute atomic E-state index is 12.3. The number of hydrogen-bond acceptors (Lipinski definition) is 1. The number of allylic oxidation sites excluding steroid dienone is 1. The maximum Gasteiger partial charge on any atom is 0.246 e. The van der Waals surface area contributed by atoms with Gasteiger partial charge in [0.05, 0.1) is 0 Å². The zero-order valence-electron chi connectivity index (χ0n) is 11.6. The highest BCUT2D eigenvalue weighted by Crippen LogP contribution is 2.33. The van der Waals surface area contributed by atoms with Crippen molar-refractivity contribution in [3.8, 4) is 0 Å². The maximum atomic E-state index is 12.3. The number of carbonyl (C=O) groups excluding carboxylic acids is 1. The lowest BCUT2D eigenvalue weighted by Crippen LogP contribution is -2.26. The number of benzene rings is 1. The van der Waals surface area contributed by atoms with Crippen molar-refractivity contribution in [2.45, 2.75) is 39.0 Å². The third kappa shape index (κ3) is 2.44. The van der Waals surface area contributed by atoms with Gasteiger partial charge >= 0.3 is 0 Å². The van der Waals surface area contributed by atoms with Gasteiger partial charge in [0, 0.05) is 19.2 Å². The molecule has 2 aliphatic rings. The topological polar surface area (TPSA) is 20.3 Å². The van der Waals surface area contributed by atoms with Crippen molar-refractivity contribution in [2.75, 3.05) is 13.1 Å².